The number of hydrogen-bond donors (Lipinski definition) is 2. The first kappa shape index (κ1) is 12.2. The topological polar surface area (TPSA) is 62.5 Å². The molecule has 0 radical (unpaired) electrons. The second-order valence-corrected chi connectivity index (χ2v) is 5.41. The fourth-order valence-electron chi connectivity index (χ4n) is 2.88. The molecule has 5 nitrogen and oxygen atoms in total. The molecule has 0 saturated heterocycles. The van der Waals surface area contributed by atoms with Gasteiger partial charge < -0.3 is 4.42 Å². The van der Waals surface area contributed by atoms with Crippen molar-refractivity contribution in [3.8, 4) is 11.3 Å². The van der Waals surface area contributed by atoms with Crippen LogP contribution in [0.15, 0.2) is 64.0 Å². The van der Waals surface area contributed by atoms with Crippen LogP contribution in [-0.2, 0) is 0 Å². The standard InChI is InChI=1S/C18H12N4O/c1-2-4-14-11(3-1)6-8-15(21-14)12-5-7-13-16(9-12)23-18-17(13)22-20-10-19-18/h1-10,22H,(H,19,20). The summed E-state index contributed by atoms with van der Waals surface area (Å²) in [5.41, 5.74) is 10.5. The zero-order chi connectivity index (χ0) is 15.2. The van der Waals surface area contributed by atoms with E-state index < -0.39 is 0 Å². The quantitative estimate of drug-likeness (QED) is 0.552. The minimum Gasteiger partial charge on any atom is -0.436 e. The lowest BCUT2D eigenvalue weighted by atomic mass is 10.1. The van der Waals surface area contributed by atoms with Crippen LogP contribution in [0.3, 0.4) is 0 Å². The SMILES string of the molecule is C1=Nc2oc3cc(-c4ccc5ccccc5n4)ccc3c2NN1. The number of para-hydroxylation sites is 1. The first-order valence-corrected chi connectivity index (χ1v) is 7.35. The second kappa shape index (κ2) is 4.58. The summed E-state index contributed by atoms with van der Waals surface area (Å²) >= 11 is 0. The number of anilines is 1. The van der Waals surface area contributed by atoms with Gasteiger partial charge in [0, 0.05) is 16.3 Å². The summed E-state index contributed by atoms with van der Waals surface area (Å²) in [6.45, 7) is 0. The van der Waals surface area contributed by atoms with Crippen LogP contribution in [0.4, 0.5) is 11.6 Å². The third-order valence-electron chi connectivity index (χ3n) is 4.01. The molecule has 110 valence electrons. The maximum Gasteiger partial charge on any atom is 0.246 e. The van der Waals surface area contributed by atoms with E-state index >= 15 is 0 Å². The molecule has 0 spiro atoms. The van der Waals surface area contributed by atoms with Crippen molar-refractivity contribution in [2.75, 3.05) is 5.43 Å². The Morgan fingerprint density at radius 1 is 0.957 bits per heavy atom. The summed E-state index contributed by atoms with van der Waals surface area (Å²) in [7, 11) is 0. The zero-order valence-corrected chi connectivity index (χ0v) is 12.1. The molecule has 0 fully saturated rings. The Kier molecular flexibility index (Phi) is 2.43. The van der Waals surface area contributed by atoms with E-state index in [4.69, 9.17) is 9.40 Å². The molecule has 0 atom stereocenters. The summed E-state index contributed by atoms with van der Waals surface area (Å²) in [5, 5.41) is 2.13. The van der Waals surface area contributed by atoms with Crippen LogP contribution in [0.1, 0.15) is 0 Å². The van der Waals surface area contributed by atoms with Crippen molar-refractivity contribution in [2.24, 2.45) is 4.99 Å². The average Bonchev–Trinajstić information content (AvgIpc) is 2.99. The number of fused-ring (bicyclic) bond motifs is 4. The van der Waals surface area contributed by atoms with Gasteiger partial charge in [-0.1, -0.05) is 30.3 Å². The lowest BCUT2D eigenvalue weighted by Gasteiger charge is -2.07. The minimum atomic E-state index is 0.586. The largest absolute Gasteiger partial charge is 0.436 e. The number of nitrogens with zero attached hydrogens (tertiary/aromatic N) is 2. The molecule has 5 heteroatoms. The first-order valence-electron chi connectivity index (χ1n) is 7.35. The maximum absolute atomic E-state index is 5.81. The monoisotopic (exact) mass is 300 g/mol. The van der Waals surface area contributed by atoms with Crippen LogP contribution in [-0.4, -0.2) is 11.3 Å². The predicted octanol–water partition coefficient (Wildman–Crippen LogP) is 4.24. The number of hydrazine groups is 1. The number of furan rings is 1. The van der Waals surface area contributed by atoms with E-state index in [-0.39, 0.29) is 0 Å². The van der Waals surface area contributed by atoms with Crippen molar-refractivity contribution in [3.05, 3.63) is 54.6 Å². The number of aliphatic imine (C=N–C) groups is 1. The number of pyridine rings is 1. The van der Waals surface area contributed by atoms with Crippen molar-refractivity contribution in [1.29, 1.82) is 0 Å². The fraction of sp³-hybridized carbons (Fsp3) is 0. The van der Waals surface area contributed by atoms with Gasteiger partial charge in [-0.15, -0.1) is 0 Å². The smallest absolute Gasteiger partial charge is 0.246 e. The number of nitrogens with one attached hydrogen (secondary N) is 2. The van der Waals surface area contributed by atoms with E-state index in [9.17, 15) is 0 Å². The second-order valence-electron chi connectivity index (χ2n) is 5.41. The molecule has 0 aliphatic carbocycles. The third kappa shape index (κ3) is 1.87. The molecule has 0 unspecified atom stereocenters. The van der Waals surface area contributed by atoms with Gasteiger partial charge in [-0.25, -0.2) is 9.98 Å². The molecule has 2 aromatic heterocycles. The van der Waals surface area contributed by atoms with Gasteiger partial charge in [-0.05, 0) is 24.3 Å². The summed E-state index contributed by atoms with van der Waals surface area (Å²) in [4.78, 5) is 8.93. The maximum atomic E-state index is 5.81. The van der Waals surface area contributed by atoms with Crippen LogP contribution < -0.4 is 10.9 Å². The Morgan fingerprint density at radius 2 is 1.91 bits per heavy atom. The Morgan fingerprint density at radius 3 is 2.91 bits per heavy atom. The molecule has 1 aliphatic rings. The molecule has 0 bridgehead atoms. The van der Waals surface area contributed by atoms with Crippen molar-refractivity contribution < 1.29 is 4.42 Å². The van der Waals surface area contributed by atoms with E-state index in [1.54, 1.807) is 6.34 Å². The van der Waals surface area contributed by atoms with Crippen LogP contribution in [0, 0.1) is 0 Å². The molecular weight excluding hydrogens is 288 g/mol. The highest BCUT2D eigenvalue weighted by Crippen LogP contribution is 2.39. The van der Waals surface area contributed by atoms with Gasteiger partial charge in [0.2, 0.25) is 5.88 Å². The molecule has 23 heavy (non-hydrogen) atoms. The van der Waals surface area contributed by atoms with E-state index in [1.807, 2.05) is 36.4 Å². The lowest BCUT2D eigenvalue weighted by molar-refractivity contribution is 0.624. The molecule has 3 heterocycles. The molecule has 0 amide bonds. The van der Waals surface area contributed by atoms with Crippen LogP contribution in [0.5, 0.6) is 0 Å². The van der Waals surface area contributed by atoms with Crippen molar-refractivity contribution in [1.82, 2.24) is 10.4 Å². The number of rotatable bonds is 1. The Labute approximate surface area is 131 Å². The summed E-state index contributed by atoms with van der Waals surface area (Å²) < 4.78 is 5.81. The van der Waals surface area contributed by atoms with E-state index in [0.717, 1.165) is 38.8 Å². The lowest BCUT2D eigenvalue weighted by Crippen LogP contribution is -2.21. The minimum absolute atomic E-state index is 0.586. The van der Waals surface area contributed by atoms with Gasteiger partial charge in [0.05, 0.1) is 11.2 Å². The van der Waals surface area contributed by atoms with Crippen LogP contribution >= 0.6 is 0 Å². The van der Waals surface area contributed by atoms with Gasteiger partial charge in [-0.3, -0.25) is 10.9 Å². The van der Waals surface area contributed by atoms with E-state index in [2.05, 4.69) is 34.0 Å². The van der Waals surface area contributed by atoms with Crippen LogP contribution in [0.2, 0.25) is 0 Å². The number of hydrogen-bond acceptors (Lipinski definition) is 5. The van der Waals surface area contributed by atoms with Gasteiger partial charge in [-0.2, -0.15) is 0 Å². The predicted molar refractivity (Wildman–Crippen MR) is 91.9 cm³/mol. The molecule has 4 aromatic rings. The van der Waals surface area contributed by atoms with Gasteiger partial charge in [0.1, 0.15) is 17.6 Å². The summed E-state index contributed by atoms with van der Waals surface area (Å²) in [6, 6.07) is 18.3. The Balaban J connectivity index is 1.68. The molecule has 2 aromatic carbocycles. The number of benzene rings is 2. The van der Waals surface area contributed by atoms with Crippen LogP contribution in [0.25, 0.3) is 33.1 Å². The Bertz CT molecular complexity index is 1080. The molecule has 2 N–H and O–H groups in total. The normalized spacial score (nSPS) is 12.9. The first-order chi connectivity index (χ1) is 11.4. The van der Waals surface area contributed by atoms with E-state index in [0.29, 0.717) is 5.88 Å². The van der Waals surface area contributed by atoms with Crippen molar-refractivity contribution >= 4 is 39.8 Å². The molecule has 0 saturated carbocycles. The third-order valence-corrected chi connectivity index (χ3v) is 4.01. The Hall–Kier alpha value is -3.34. The van der Waals surface area contributed by atoms with Crippen molar-refractivity contribution in [3.63, 3.8) is 0 Å². The zero-order valence-electron chi connectivity index (χ0n) is 12.1. The highest BCUT2D eigenvalue weighted by atomic mass is 16.4. The van der Waals surface area contributed by atoms with Gasteiger partial charge in [0.25, 0.3) is 0 Å². The van der Waals surface area contributed by atoms with Crippen molar-refractivity contribution in [2.45, 2.75) is 0 Å². The fourth-order valence-corrected chi connectivity index (χ4v) is 2.88. The molecular formula is C18H12N4O. The van der Waals surface area contributed by atoms with E-state index in [1.165, 1.54) is 0 Å². The number of aromatic nitrogens is 1. The van der Waals surface area contributed by atoms with Gasteiger partial charge >= 0.3 is 0 Å². The van der Waals surface area contributed by atoms with Gasteiger partial charge in [0.15, 0.2) is 0 Å². The summed E-state index contributed by atoms with van der Waals surface area (Å²) in [6.07, 6.45) is 1.57. The molecule has 1 aliphatic heterocycles. The molecule has 5 rings (SSSR count). The highest BCUT2D eigenvalue weighted by molar-refractivity contribution is 6.00. The summed E-state index contributed by atoms with van der Waals surface area (Å²) in [5.74, 6) is 0.586. The average molecular weight is 300 g/mol. The highest BCUT2D eigenvalue weighted by Gasteiger charge is 2.16.